The van der Waals surface area contributed by atoms with Crippen LogP contribution in [0.1, 0.15) is 26.2 Å². The van der Waals surface area contributed by atoms with Crippen molar-refractivity contribution in [2.75, 3.05) is 6.54 Å². The average Bonchev–Trinajstić information content (AvgIpc) is 2.11. The molecule has 0 unspecified atom stereocenters. The molecule has 0 aromatic rings. The molecular weight excluding hydrogens is 172 g/mol. The first-order valence-electron chi connectivity index (χ1n) is 4.34. The molecule has 0 heterocycles. The van der Waals surface area contributed by atoms with E-state index in [0.29, 0.717) is 25.8 Å². The third-order valence-electron chi connectivity index (χ3n) is 1.65. The van der Waals surface area contributed by atoms with Gasteiger partial charge >= 0.3 is 5.97 Å². The first-order valence-corrected chi connectivity index (χ1v) is 4.34. The Kier molecular flexibility index (Phi) is 5.88. The van der Waals surface area contributed by atoms with Gasteiger partial charge in [0, 0.05) is 6.42 Å². The third kappa shape index (κ3) is 5.19. The van der Waals surface area contributed by atoms with E-state index in [4.69, 9.17) is 10.8 Å². The number of hydrogen-bond acceptors (Lipinski definition) is 3. The molecule has 76 valence electrons. The molecule has 0 rings (SSSR count). The smallest absolute Gasteiger partial charge is 0.326 e. The van der Waals surface area contributed by atoms with Crippen LogP contribution in [0.3, 0.4) is 0 Å². The van der Waals surface area contributed by atoms with Gasteiger partial charge in [0.25, 0.3) is 0 Å². The molecular formula is C8H16N2O3. The summed E-state index contributed by atoms with van der Waals surface area (Å²) in [6.07, 6.45) is 1.28. The Balaban J connectivity index is 3.94. The summed E-state index contributed by atoms with van der Waals surface area (Å²) in [7, 11) is 0. The van der Waals surface area contributed by atoms with E-state index in [-0.39, 0.29) is 5.91 Å². The van der Waals surface area contributed by atoms with Crippen LogP contribution in [0.5, 0.6) is 0 Å². The highest BCUT2D eigenvalue weighted by atomic mass is 16.4. The van der Waals surface area contributed by atoms with Crippen molar-refractivity contribution in [2.24, 2.45) is 5.73 Å². The number of rotatable bonds is 6. The van der Waals surface area contributed by atoms with Gasteiger partial charge in [-0.3, -0.25) is 4.79 Å². The van der Waals surface area contributed by atoms with E-state index in [1.54, 1.807) is 6.92 Å². The molecule has 0 spiro atoms. The molecule has 0 fully saturated rings. The van der Waals surface area contributed by atoms with Crippen LogP contribution in [-0.2, 0) is 9.59 Å². The van der Waals surface area contributed by atoms with E-state index >= 15 is 0 Å². The first-order chi connectivity index (χ1) is 6.11. The highest BCUT2D eigenvalue weighted by Crippen LogP contribution is 1.96. The zero-order valence-electron chi connectivity index (χ0n) is 7.75. The van der Waals surface area contributed by atoms with Gasteiger partial charge in [-0.2, -0.15) is 0 Å². The second-order valence-corrected chi connectivity index (χ2v) is 2.74. The van der Waals surface area contributed by atoms with Crippen LogP contribution in [-0.4, -0.2) is 29.6 Å². The molecule has 0 aliphatic carbocycles. The number of hydrogen-bond donors (Lipinski definition) is 3. The van der Waals surface area contributed by atoms with Crippen molar-refractivity contribution in [1.29, 1.82) is 0 Å². The summed E-state index contributed by atoms with van der Waals surface area (Å²) in [5.74, 6) is -1.25. The molecule has 0 radical (unpaired) electrons. The SMILES string of the molecule is CCC(=O)N[C@@H](CCCN)C(=O)O. The predicted octanol–water partition coefficient (Wildman–Crippen LogP) is -0.295. The van der Waals surface area contributed by atoms with Gasteiger partial charge in [0.1, 0.15) is 6.04 Å². The molecule has 5 heteroatoms. The van der Waals surface area contributed by atoms with E-state index in [1.807, 2.05) is 0 Å². The Bertz CT molecular complexity index is 182. The van der Waals surface area contributed by atoms with Gasteiger partial charge in [-0.05, 0) is 19.4 Å². The van der Waals surface area contributed by atoms with E-state index < -0.39 is 12.0 Å². The minimum Gasteiger partial charge on any atom is -0.480 e. The Morgan fingerprint density at radius 3 is 2.54 bits per heavy atom. The van der Waals surface area contributed by atoms with Crippen LogP contribution in [0.2, 0.25) is 0 Å². The molecule has 0 saturated heterocycles. The Hall–Kier alpha value is -1.10. The van der Waals surface area contributed by atoms with E-state index in [2.05, 4.69) is 5.32 Å². The van der Waals surface area contributed by atoms with Gasteiger partial charge in [-0.25, -0.2) is 4.79 Å². The molecule has 5 nitrogen and oxygen atoms in total. The van der Waals surface area contributed by atoms with Crippen LogP contribution in [0.4, 0.5) is 0 Å². The van der Waals surface area contributed by atoms with Gasteiger partial charge in [-0.1, -0.05) is 6.92 Å². The second-order valence-electron chi connectivity index (χ2n) is 2.74. The summed E-state index contributed by atoms with van der Waals surface area (Å²) in [6.45, 7) is 2.11. The molecule has 0 aliphatic rings. The highest BCUT2D eigenvalue weighted by molar-refractivity contribution is 5.83. The van der Waals surface area contributed by atoms with Crippen molar-refractivity contribution in [1.82, 2.24) is 5.32 Å². The van der Waals surface area contributed by atoms with Crippen LogP contribution in [0, 0.1) is 0 Å². The second kappa shape index (κ2) is 6.42. The molecule has 1 atom stereocenters. The van der Waals surface area contributed by atoms with Gasteiger partial charge in [0.05, 0.1) is 0 Å². The lowest BCUT2D eigenvalue weighted by Crippen LogP contribution is -2.40. The Labute approximate surface area is 77.3 Å². The number of amides is 1. The maximum Gasteiger partial charge on any atom is 0.326 e. The quantitative estimate of drug-likeness (QED) is 0.533. The summed E-state index contributed by atoms with van der Waals surface area (Å²) < 4.78 is 0. The van der Waals surface area contributed by atoms with E-state index in [1.165, 1.54) is 0 Å². The number of carboxylic acid groups (broad SMARTS) is 1. The normalized spacial score (nSPS) is 12.2. The molecule has 1 amide bonds. The summed E-state index contributed by atoms with van der Waals surface area (Å²) in [6, 6.07) is -0.795. The summed E-state index contributed by atoms with van der Waals surface area (Å²) in [5.41, 5.74) is 5.23. The summed E-state index contributed by atoms with van der Waals surface area (Å²) >= 11 is 0. The largest absolute Gasteiger partial charge is 0.480 e. The van der Waals surface area contributed by atoms with Gasteiger partial charge in [0.2, 0.25) is 5.91 Å². The van der Waals surface area contributed by atoms with Crippen LogP contribution in [0.25, 0.3) is 0 Å². The zero-order chi connectivity index (χ0) is 10.3. The number of carbonyl (C=O) groups is 2. The lowest BCUT2D eigenvalue weighted by Gasteiger charge is -2.12. The van der Waals surface area contributed by atoms with E-state index in [9.17, 15) is 9.59 Å². The van der Waals surface area contributed by atoms with Crippen molar-refractivity contribution in [3.63, 3.8) is 0 Å². The Morgan fingerprint density at radius 1 is 1.54 bits per heavy atom. The van der Waals surface area contributed by atoms with Crippen molar-refractivity contribution >= 4 is 11.9 Å². The molecule has 0 aromatic carbocycles. The number of aliphatic carboxylic acids is 1. The zero-order valence-corrected chi connectivity index (χ0v) is 7.75. The average molecular weight is 188 g/mol. The maximum absolute atomic E-state index is 10.9. The number of carbonyl (C=O) groups excluding carboxylic acids is 1. The first kappa shape index (κ1) is 11.9. The molecule has 0 aliphatic heterocycles. The fourth-order valence-electron chi connectivity index (χ4n) is 0.876. The summed E-state index contributed by atoms with van der Waals surface area (Å²) in [4.78, 5) is 21.5. The van der Waals surface area contributed by atoms with Gasteiger partial charge in [0.15, 0.2) is 0 Å². The van der Waals surface area contributed by atoms with E-state index in [0.717, 1.165) is 0 Å². The number of carboxylic acids is 1. The highest BCUT2D eigenvalue weighted by Gasteiger charge is 2.17. The van der Waals surface area contributed by atoms with Gasteiger partial charge < -0.3 is 16.2 Å². The standard InChI is InChI=1S/C8H16N2O3/c1-2-7(11)10-6(8(12)13)4-3-5-9/h6H,2-5,9H2,1H3,(H,10,11)(H,12,13)/t6-/m0/s1. The molecule has 0 aromatic heterocycles. The molecule has 4 N–H and O–H groups in total. The minimum atomic E-state index is -1.00. The fraction of sp³-hybridized carbons (Fsp3) is 0.750. The van der Waals surface area contributed by atoms with Crippen LogP contribution >= 0.6 is 0 Å². The number of nitrogens with one attached hydrogen (secondary N) is 1. The summed E-state index contributed by atoms with van der Waals surface area (Å²) in [5, 5.41) is 11.1. The third-order valence-corrected chi connectivity index (χ3v) is 1.65. The van der Waals surface area contributed by atoms with Crippen molar-refractivity contribution < 1.29 is 14.7 Å². The van der Waals surface area contributed by atoms with Crippen molar-refractivity contribution in [2.45, 2.75) is 32.2 Å². The fourth-order valence-corrected chi connectivity index (χ4v) is 0.876. The van der Waals surface area contributed by atoms with Crippen LogP contribution in [0.15, 0.2) is 0 Å². The van der Waals surface area contributed by atoms with Crippen LogP contribution < -0.4 is 11.1 Å². The molecule has 13 heavy (non-hydrogen) atoms. The number of nitrogens with two attached hydrogens (primary N) is 1. The minimum absolute atomic E-state index is 0.246. The van der Waals surface area contributed by atoms with Crippen molar-refractivity contribution in [3.05, 3.63) is 0 Å². The van der Waals surface area contributed by atoms with Gasteiger partial charge in [-0.15, -0.1) is 0 Å². The van der Waals surface area contributed by atoms with Crippen molar-refractivity contribution in [3.8, 4) is 0 Å². The lowest BCUT2D eigenvalue weighted by molar-refractivity contribution is -0.142. The predicted molar refractivity (Wildman–Crippen MR) is 48.1 cm³/mol. The molecule has 0 saturated carbocycles. The lowest BCUT2D eigenvalue weighted by atomic mass is 10.1. The maximum atomic E-state index is 10.9. The molecule has 0 bridgehead atoms. The Morgan fingerprint density at radius 2 is 2.15 bits per heavy atom. The topological polar surface area (TPSA) is 92.4 Å². The monoisotopic (exact) mass is 188 g/mol.